The van der Waals surface area contributed by atoms with Crippen LogP contribution < -0.4 is 0 Å². The smallest absolute Gasteiger partial charge is 0.360 e. The summed E-state index contributed by atoms with van der Waals surface area (Å²) in [4.78, 5) is 2.31. The Morgan fingerprint density at radius 3 is 2.82 bits per heavy atom. The molecule has 0 amide bonds. The summed E-state index contributed by atoms with van der Waals surface area (Å²) in [6.45, 7) is 0. The normalized spacial score (nSPS) is 12.4. The summed E-state index contributed by atoms with van der Waals surface area (Å²) >= 11 is 1.90. The molecule has 0 aliphatic rings. The third kappa shape index (κ3) is 1.66. The minimum Gasteiger partial charge on any atom is -0.360 e. The van der Waals surface area contributed by atoms with Crippen LogP contribution >= 0.6 is 22.9 Å². The van der Waals surface area contributed by atoms with E-state index in [1.54, 1.807) is 6.20 Å². The minimum atomic E-state index is -4.35. The first kappa shape index (κ1) is 10.8. The number of rotatable bonds is 1. The largest absolute Gasteiger partial charge is 0.427 e. The Morgan fingerprint density at radius 2 is 2.06 bits per heavy atom. The van der Waals surface area contributed by atoms with Crippen molar-refractivity contribution in [1.82, 2.24) is 9.36 Å². The van der Waals surface area contributed by atoms with Gasteiger partial charge in [0.25, 0.3) is 0 Å². The van der Waals surface area contributed by atoms with Gasteiger partial charge in [-0.1, -0.05) is 0 Å². The average Bonchev–Trinajstić information content (AvgIpc) is 2.90. The molecule has 3 heterocycles. The molecule has 17 heavy (non-hydrogen) atoms. The van der Waals surface area contributed by atoms with Crippen LogP contribution in [0, 0.1) is 0 Å². The van der Waals surface area contributed by atoms with Gasteiger partial charge in [-0.2, -0.15) is 17.5 Å². The Kier molecular flexibility index (Phi) is 2.27. The summed E-state index contributed by atoms with van der Waals surface area (Å²) in [6.07, 6.45) is -1.48. The molecular formula is C10H5F3N2S2. The minimum absolute atomic E-state index is 0.149. The highest BCUT2D eigenvalue weighted by Gasteiger charge is 2.36. The lowest BCUT2D eigenvalue weighted by atomic mass is 10.1. The summed E-state index contributed by atoms with van der Waals surface area (Å²) in [5, 5.41) is 1.84. The molecule has 2 nitrogen and oxygen atoms in total. The molecule has 1 N–H and O–H groups in total. The van der Waals surface area contributed by atoms with Gasteiger partial charge in [0, 0.05) is 23.5 Å². The van der Waals surface area contributed by atoms with Gasteiger partial charge in [0.1, 0.15) is 4.88 Å². The van der Waals surface area contributed by atoms with Crippen LogP contribution in [0.3, 0.4) is 0 Å². The molecule has 0 spiro atoms. The highest BCUT2D eigenvalue weighted by atomic mass is 32.1. The molecule has 88 valence electrons. The Bertz CT molecular complexity index is 662. The van der Waals surface area contributed by atoms with Crippen LogP contribution in [0.15, 0.2) is 23.8 Å². The van der Waals surface area contributed by atoms with E-state index in [1.807, 2.05) is 11.4 Å². The number of H-pyrrole nitrogens is 1. The van der Waals surface area contributed by atoms with Crippen LogP contribution in [0.4, 0.5) is 13.2 Å². The molecule has 7 heteroatoms. The van der Waals surface area contributed by atoms with Gasteiger partial charge >= 0.3 is 6.18 Å². The number of aromatic amines is 1. The van der Waals surface area contributed by atoms with Crippen LogP contribution in [0.2, 0.25) is 0 Å². The maximum atomic E-state index is 12.8. The van der Waals surface area contributed by atoms with Crippen LogP contribution in [-0.4, -0.2) is 9.36 Å². The zero-order valence-corrected chi connectivity index (χ0v) is 9.84. The summed E-state index contributed by atoms with van der Waals surface area (Å²) in [6, 6.07) is 1.84. The topological polar surface area (TPSA) is 28.7 Å². The van der Waals surface area contributed by atoms with E-state index in [-0.39, 0.29) is 5.56 Å². The SMILES string of the molecule is FC(F)(F)c1sncc1-c1c[nH]c2ccsc12. The van der Waals surface area contributed by atoms with Crippen LogP contribution in [-0.2, 0) is 6.18 Å². The fourth-order valence-electron chi connectivity index (χ4n) is 1.68. The van der Waals surface area contributed by atoms with E-state index in [1.165, 1.54) is 17.5 Å². The first-order valence-electron chi connectivity index (χ1n) is 4.64. The van der Waals surface area contributed by atoms with Crippen molar-refractivity contribution in [2.75, 3.05) is 0 Å². The highest BCUT2D eigenvalue weighted by molar-refractivity contribution is 7.17. The molecule has 0 bridgehead atoms. The number of nitrogens with one attached hydrogen (secondary N) is 1. The first-order valence-corrected chi connectivity index (χ1v) is 6.29. The number of nitrogens with zero attached hydrogens (tertiary/aromatic N) is 1. The van der Waals surface area contributed by atoms with E-state index in [9.17, 15) is 13.2 Å². The second-order valence-corrected chi connectivity index (χ2v) is 5.15. The molecule has 0 aromatic carbocycles. The van der Waals surface area contributed by atoms with Crippen molar-refractivity contribution in [2.45, 2.75) is 6.18 Å². The summed E-state index contributed by atoms with van der Waals surface area (Å²) in [5.41, 5.74) is 1.57. The van der Waals surface area contributed by atoms with Crippen molar-refractivity contribution in [2.24, 2.45) is 0 Å². The molecule has 0 fully saturated rings. The standard InChI is InChI=1S/C10H5F3N2S2/c11-10(12,13)9-6(4-15-17-9)5-3-14-7-1-2-16-8(5)7/h1-4,14H. The predicted octanol–water partition coefficient (Wildman–Crippen LogP) is 4.37. The van der Waals surface area contributed by atoms with Crippen molar-refractivity contribution in [3.63, 3.8) is 0 Å². The molecule has 3 rings (SSSR count). The molecule has 0 saturated carbocycles. The predicted molar refractivity (Wildman–Crippen MR) is 62.3 cm³/mol. The second-order valence-electron chi connectivity index (χ2n) is 3.43. The van der Waals surface area contributed by atoms with Crippen LogP contribution in [0.5, 0.6) is 0 Å². The van der Waals surface area contributed by atoms with E-state index in [0.717, 1.165) is 10.2 Å². The van der Waals surface area contributed by atoms with Crippen LogP contribution in [0.25, 0.3) is 21.3 Å². The zero-order valence-electron chi connectivity index (χ0n) is 8.21. The maximum Gasteiger partial charge on any atom is 0.427 e. The van der Waals surface area contributed by atoms with E-state index in [4.69, 9.17) is 0 Å². The van der Waals surface area contributed by atoms with Crippen molar-refractivity contribution in [1.29, 1.82) is 0 Å². The molecule has 0 radical (unpaired) electrons. The third-order valence-electron chi connectivity index (χ3n) is 2.40. The van der Waals surface area contributed by atoms with Crippen molar-refractivity contribution < 1.29 is 13.2 Å². The Balaban J connectivity index is 2.24. The lowest BCUT2D eigenvalue weighted by Crippen LogP contribution is -2.03. The number of fused-ring (bicyclic) bond motifs is 1. The molecule has 0 aliphatic heterocycles. The van der Waals surface area contributed by atoms with Gasteiger partial charge in [0.15, 0.2) is 0 Å². The summed E-state index contributed by atoms with van der Waals surface area (Å²) < 4.78 is 42.8. The summed E-state index contributed by atoms with van der Waals surface area (Å²) in [5.74, 6) is 0. The van der Waals surface area contributed by atoms with Gasteiger partial charge in [0.05, 0.1) is 10.2 Å². The van der Waals surface area contributed by atoms with Crippen LogP contribution in [0.1, 0.15) is 4.88 Å². The third-order valence-corrected chi connectivity index (χ3v) is 4.19. The Labute approximate surface area is 102 Å². The first-order chi connectivity index (χ1) is 8.07. The molecule has 0 atom stereocenters. The zero-order chi connectivity index (χ0) is 12.0. The number of aromatic nitrogens is 2. The molecule has 0 saturated heterocycles. The van der Waals surface area contributed by atoms with Gasteiger partial charge in [-0.25, -0.2) is 0 Å². The van der Waals surface area contributed by atoms with Gasteiger partial charge in [-0.3, -0.25) is 0 Å². The quantitative estimate of drug-likeness (QED) is 0.701. The molecule has 0 aliphatic carbocycles. The Morgan fingerprint density at radius 1 is 1.24 bits per heavy atom. The highest BCUT2D eigenvalue weighted by Crippen LogP contribution is 2.42. The number of hydrogen-bond acceptors (Lipinski definition) is 3. The lowest BCUT2D eigenvalue weighted by molar-refractivity contribution is -0.133. The molecular weight excluding hydrogens is 269 g/mol. The van der Waals surface area contributed by atoms with E-state index in [2.05, 4.69) is 9.36 Å². The van der Waals surface area contributed by atoms with Crippen molar-refractivity contribution in [3.05, 3.63) is 28.7 Å². The van der Waals surface area contributed by atoms with Gasteiger partial charge in [0.2, 0.25) is 0 Å². The fraction of sp³-hybridized carbons (Fsp3) is 0.100. The van der Waals surface area contributed by atoms with E-state index in [0.29, 0.717) is 17.1 Å². The molecule has 3 aromatic heterocycles. The second kappa shape index (κ2) is 3.58. The number of thiophene rings is 1. The van der Waals surface area contributed by atoms with Crippen molar-refractivity contribution >= 4 is 33.1 Å². The van der Waals surface area contributed by atoms with Crippen molar-refractivity contribution in [3.8, 4) is 11.1 Å². The number of halogens is 3. The summed E-state index contributed by atoms with van der Waals surface area (Å²) in [7, 11) is 0. The molecule has 3 aromatic rings. The Hall–Kier alpha value is -1.34. The lowest BCUT2D eigenvalue weighted by Gasteiger charge is -2.04. The number of alkyl halides is 3. The number of hydrogen-bond donors (Lipinski definition) is 1. The van der Waals surface area contributed by atoms with E-state index < -0.39 is 11.1 Å². The fourth-order valence-corrected chi connectivity index (χ4v) is 3.20. The maximum absolute atomic E-state index is 12.8. The molecule has 0 unspecified atom stereocenters. The van der Waals surface area contributed by atoms with Gasteiger partial charge in [-0.15, -0.1) is 11.3 Å². The average molecular weight is 274 g/mol. The van der Waals surface area contributed by atoms with Gasteiger partial charge in [-0.05, 0) is 23.0 Å². The monoisotopic (exact) mass is 274 g/mol. The van der Waals surface area contributed by atoms with Gasteiger partial charge < -0.3 is 4.98 Å². The van der Waals surface area contributed by atoms with E-state index >= 15 is 0 Å².